The van der Waals surface area contributed by atoms with Gasteiger partial charge in [0.1, 0.15) is 12.4 Å². The Morgan fingerprint density at radius 1 is 1.33 bits per heavy atom. The topological polar surface area (TPSA) is 38.5 Å². The highest BCUT2D eigenvalue weighted by atomic mass is 35.5. The lowest BCUT2D eigenvalue weighted by Gasteiger charge is -2.36. The van der Waals surface area contributed by atoms with E-state index >= 15 is 0 Å². The first-order valence-electron chi connectivity index (χ1n) is 5.10. The number of benzene rings is 1. The summed E-state index contributed by atoms with van der Waals surface area (Å²) in [4.78, 5) is 2.28. The largest absolute Gasteiger partial charge is 0.492 e. The molecule has 1 saturated heterocycles. The van der Waals surface area contributed by atoms with Gasteiger partial charge in [-0.05, 0) is 24.3 Å². The smallest absolute Gasteiger partial charge is 0.119 e. The third kappa shape index (κ3) is 3.09. The van der Waals surface area contributed by atoms with Gasteiger partial charge in [-0.2, -0.15) is 0 Å². The van der Waals surface area contributed by atoms with Crippen LogP contribution in [0.25, 0.3) is 0 Å². The molecule has 0 saturated carbocycles. The van der Waals surface area contributed by atoms with E-state index in [1.54, 1.807) is 0 Å². The molecule has 0 aliphatic carbocycles. The first-order valence-corrected chi connectivity index (χ1v) is 5.48. The predicted octanol–water partition coefficient (Wildman–Crippen LogP) is 1.36. The lowest BCUT2D eigenvalue weighted by molar-refractivity contribution is 0.124. The van der Waals surface area contributed by atoms with Crippen molar-refractivity contribution < 1.29 is 4.74 Å². The molecule has 15 heavy (non-hydrogen) atoms. The Morgan fingerprint density at radius 3 is 2.60 bits per heavy atom. The number of likely N-dealkylation sites (tertiary alicyclic amines) is 1. The van der Waals surface area contributed by atoms with Gasteiger partial charge in [-0.3, -0.25) is 4.90 Å². The van der Waals surface area contributed by atoms with Crippen LogP contribution in [0.1, 0.15) is 0 Å². The van der Waals surface area contributed by atoms with Gasteiger partial charge in [0, 0.05) is 30.7 Å². The van der Waals surface area contributed by atoms with E-state index in [-0.39, 0.29) is 0 Å². The van der Waals surface area contributed by atoms with Crippen LogP contribution in [0, 0.1) is 0 Å². The lowest BCUT2D eigenvalue weighted by Crippen LogP contribution is -2.56. The molecule has 0 bridgehead atoms. The molecule has 1 heterocycles. The molecule has 0 aromatic heterocycles. The van der Waals surface area contributed by atoms with Crippen molar-refractivity contribution in [2.24, 2.45) is 5.73 Å². The second-order valence-corrected chi connectivity index (χ2v) is 4.26. The minimum Gasteiger partial charge on any atom is -0.492 e. The average molecular weight is 227 g/mol. The Bertz CT molecular complexity index is 309. The van der Waals surface area contributed by atoms with E-state index in [0.717, 1.165) is 30.4 Å². The Labute approximate surface area is 94.8 Å². The molecule has 3 nitrogen and oxygen atoms in total. The molecular formula is C11H15ClN2O. The maximum Gasteiger partial charge on any atom is 0.119 e. The third-order valence-corrected chi connectivity index (χ3v) is 2.73. The van der Waals surface area contributed by atoms with Crippen molar-refractivity contribution in [1.29, 1.82) is 0 Å². The summed E-state index contributed by atoms with van der Waals surface area (Å²) >= 11 is 5.77. The van der Waals surface area contributed by atoms with Gasteiger partial charge in [0.05, 0.1) is 0 Å². The van der Waals surface area contributed by atoms with Gasteiger partial charge in [-0.25, -0.2) is 0 Å². The molecular weight excluding hydrogens is 212 g/mol. The molecule has 1 aromatic rings. The van der Waals surface area contributed by atoms with E-state index in [0.29, 0.717) is 12.6 Å². The number of hydrogen-bond acceptors (Lipinski definition) is 3. The van der Waals surface area contributed by atoms with E-state index in [9.17, 15) is 0 Å². The number of rotatable bonds is 4. The second-order valence-electron chi connectivity index (χ2n) is 3.82. The van der Waals surface area contributed by atoms with Crippen LogP contribution in [-0.4, -0.2) is 37.2 Å². The highest BCUT2D eigenvalue weighted by molar-refractivity contribution is 6.30. The van der Waals surface area contributed by atoms with Gasteiger partial charge in [0.25, 0.3) is 0 Å². The third-order valence-electron chi connectivity index (χ3n) is 2.48. The normalized spacial score (nSPS) is 17.5. The molecule has 2 rings (SSSR count). The Balaban J connectivity index is 1.67. The first kappa shape index (κ1) is 10.7. The average Bonchev–Trinajstić information content (AvgIpc) is 2.18. The fourth-order valence-electron chi connectivity index (χ4n) is 1.62. The molecule has 4 heteroatoms. The summed E-state index contributed by atoms with van der Waals surface area (Å²) in [5.74, 6) is 0.865. The fraction of sp³-hybridized carbons (Fsp3) is 0.455. The first-order chi connectivity index (χ1) is 7.24. The van der Waals surface area contributed by atoms with Crippen molar-refractivity contribution in [2.75, 3.05) is 26.2 Å². The van der Waals surface area contributed by atoms with E-state index in [1.165, 1.54) is 0 Å². The highest BCUT2D eigenvalue weighted by Gasteiger charge is 2.21. The van der Waals surface area contributed by atoms with Crippen LogP contribution in [0.15, 0.2) is 24.3 Å². The van der Waals surface area contributed by atoms with Crippen molar-refractivity contribution in [3.63, 3.8) is 0 Å². The minimum atomic E-state index is 0.362. The predicted molar refractivity (Wildman–Crippen MR) is 61.4 cm³/mol. The molecule has 0 amide bonds. The van der Waals surface area contributed by atoms with Crippen molar-refractivity contribution in [2.45, 2.75) is 6.04 Å². The fourth-order valence-corrected chi connectivity index (χ4v) is 1.74. The molecule has 0 atom stereocenters. The number of hydrogen-bond donors (Lipinski definition) is 1. The zero-order chi connectivity index (χ0) is 10.7. The Hall–Kier alpha value is -0.770. The maximum atomic E-state index is 5.77. The molecule has 0 unspecified atom stereocenters. The zero-order valence-corrected chi connectivity index (χ0v) is 9.28. The summed E-state index contributed by atoms with van der Waals surface area (Å²) in [6.45, 7) is 3.62. The molecule has 1 aliphatic heterocycles. The summed E-state index contributed by atoms with van der Waals surface area (Å²) in [5, 5.41) is 0.732. The molecule has 0 spiro atoms. The van der Waals surface area contributed by atoms with Crippen LogP contribution in [0.5, 0.6) is 5.75 Å². The second kappa shape index (κ2) is 4.84. The van der Waals surface area contributed by atoms with Crippen molar-refractivity contribution >= 4 is 11.6 Å². The van der Waals surface area contributed by atoms with Gasteiger partial charge in [0.2, 0.25) is 0 Å². The zero-order valence-electron chi connectivity index (χ0n) is 8.53. The van der Waals surface area contributed by atoms with E-state index in [1.807, 2.05) is 24.3 Å². The summed E-state index contributed by atoms with van der Waals surface area (Å²) in [5.41, 5.74) is 5.67. The van der Waals surface area contributed by atoms with Crippen LogP contribution in [-0.2, 0) is 0 Å². The van der Waals surface area contributed by atoms with Crippen molar-refractivity contribution in [3.8, 4) is 5.75 Å². The van der Waals surface area contributed by atoms with Crippen LogP contribution in [0.4, 0.5) is 0 Å². The Kier molecular flexibility index (Phi) is 3.46. The van der Waals surface area contributed by atoms with Crippen molar-refractivity contribution in [3.05, 3.63) is 29.3 Å². The van der Waals surface area contributed by atoms with E-state index in [2.05, 4.69) is 4.90 Å². The monoisotopic (exact) mass is 226 g/mol. The SMILES string of the molecule is NC1CN(CCOc2ccc(Cl)cc2)C1. The molecule has 2 N–H and O–H groups in total. The number of nitrogens with zero attached hydrogens (tertiary/aromatic N) is 1. The van der Waals surface area contributed by atoms with Gasteiger partial charge >= 0.3 is 0 Å². The van der Waals surface area contributed by atoms with E-state index < -0.39 is 0 Å². The van der Waals surface area contributed by atoms with Crippen molar-refractivity contribution in [1.82, 2.24) is 4.90 Å². The minimum absolute atomic E-state index is 0.362. The molecule has 1 aliphatic rings. The maximum absolute atomic E-state index is 5.77. The summed E-state index contributed by atoms with van der Waals surface area (Å²) in [7, 11) is 0. The van der Waals surface area contributed by atoms with Crippen LogP contribution >= 0.6 is 11.6 Å². The number of nitrogens with two attached hydrogens (primary N) is 1. The number of ether oxygens (including phenoxy) is 1. The van der Waals surface area contributed by atoms with Gasteiger partial charge < -0.3 is 10.5 Å². The highest BCUT2D eigenvalue weighted by Crippen LogP contribution is 2.15. The summed E-state index contributed by atoms with van der Waals surface area (Å²) in [6, 6.07) is 7.78. The molecule has 0 radical (unpaired) electrons. The summed E-state index contributed by atoms with van der Waals surface area (Å²) < 4.78 is 5.56. The molecule has 1 aromatic carbocycles. The van der Waals surface area contributed by atoms with Crippen LogP contribution in [0.2, 0.25) is 5.02 Å². The molecule has 1 fully saturated rings. The molecule has 82 valence electrons. The lowest BCUT2D eigenvalue weighted by atomic mass is 10.1. The quantitative estimate of drug-likeness (QED) is 0.843. The van der Waals surface area contributed by atoms with Gasteiger partial charge in [-0.15, -0.1) is 0 Å². The van der Waals surface area contributed by atoms with Crippen LogP contribution < -0.4 is 10.5 Å². The summed E-state index contributed by atoms with van der Waals surface area (Å²) in [6.07, 6.45) is 0. The standard InChI is InChI=1S/C11H15ClN2O/c12-9-1-3-11(4-2-9)15-6-5-14-7-10(13)8-14/h1-4,10H,5-8,13H2. The van der Waals surface area contributed by atoms with E-state index in [4.69, 9.17) is 22.1 Å². The van der Waals surface area contributed by atoms with Crippen LogP contribution in [0.3, 0.4) is 0 Å². The Morgan fingerprint density at radius 2 is 2.00 bits per heavy atom. The number of halogens is 1. The van der Waals surface area contributed by atoms with Gasteiger partial charge in [0.15, 0.2) is 0 Å². The van der Waals surface area contributed by atoms with Gasteiger partial charge in [-0.1, -0.05) is 11.6 Å².